The zero-order chi connectivity index (χ0) is 16.2. The highest BCUT2D eigenvalue weighted by Gasteiger charge is 2.39. The molecule has 0 aliphatic rings. The number of halogens is 2. The van der Waals surface area contributed by atoms with E-state index >= 15 is 0 Å². The largest absolute Gasteiger partial charge is 0.465 e. The second-order valence-corrected chi connectivity index (χ2v) is 6.99. The van der Waals surface area contributed by atoms with Crippen molar-refractivity contribution in [3.05, 3.63) is 27.7 Å². The highest BCUT2D eigenvalue weighted by atomic mass is 79.9. The van der Waals surface area contributed by atoms with E-state index in [2.05, 4.69) is 21.2 Å². The molecule has 0 saturated carbocycles. The predicted molar refractivity (Wildman–Crippen MR) is 87.4 cm³/mol. The summed E-state index contributed by atoms with van der Waals surface area (Å²) < 4.78 is 5.78. The summed E-state index contributed by atoms with van der Waals surface area (Å²) in [7, 11) is 0. The summed E-state index contributed by atoms with van der Waals surface area (Å²) in [5, 5.41) is 3.10. The van der Waals surface area contributed by atoms with Crippen LogP contribution in [0.1, 0.15) is 27.7 Å². The third-order valence-corrected chi connectivity index (χ3v) is 3.66. The first kappa shape index (κ1) is 18.0. The van der Waals surface area contributed by atoms with E-state index in [0.29, 0.717) is 10.7 Å². The molecule has 1 aromatic rings. The Morgan fingerprint density at radius 1 is 1.38 bits per heavy atom. The fraction of sp³-hybridized carbons (Fsp3) is 0.467. The molecular formula is C15H19BrClNO3. The number of hydrogen-bond acceptors (Lipinski definition) is 3. The van der Waals surface area contributed by atoms with E-state index in [1.165, 1.54) is 0 Å². The molecule has 6 heteroatoms. The maximum Gasteiger partial charge on any atom is 0.319 e. The average Bonchev–Trinajstić information content (AvgIpc) is 2.32. The number of ether oxygens (including phenoxy) is 1. The summed E-state index contributed by atoms with van der Waals surface area (Å²) in [6, 6.07) is 5.12. The van der Waals surface area contributed by atoms with E-state index in [0.717, 1.165) is 4.47 Å². The maximum absolute atomic E-state index is 12.5. The number of amides is 1. The van der Waals surface area contributed by atoms with Crippen LogP contribution < -0.4 is 5.32 Å². The Morgan fingerprint density at radius 2 is 2.00 bits per heavy atom. The van der Waals surface area contributed by atoms with Crippen molar-refractivity contribution < 1.29 is 14.3 Å². The second kappa shape index (κ2) is 7.27. The molecule has 0 radical (unpaired) electrons. The van der Waals surface area contributed by atoms with Crippen LogP contribution in [0, 0.1) is 11.3 Å². The number of nitrogens with one attached hydrogen (secondary N) is 1. The van der Waals surface area contributed by atoms with Gasteiger partial charge in [-0.1, -0.05) is 48.3 Å². The van der Waals surface area contributed by atoms with Gasteiger partial charge in [-0.15, -0.1) is 0 Å². The van der Waals surface area contributed by atoms with Gasteiger partial charge < -0.3 is 10.1 Å². The number of hydrogen-bond donors (Lipinski definition) is 1. The Labute approximate surface area is 138 Å². The summed E-state index contributed by atoms with van der Waals surface area (Å²) in [4.78, 5) is 24.5. The minimum atomic E-state index is -0.910. The van der Waals surface area contributed by atoms with Gasteiger partial charge >= 0.3 is 5.97 Å². The van der Waals surface area contributed by atoms with Crippen LogP contribution in [0.3, 0.4) is 0 Å². The van der Waals surface area contributed by atoms with Gasteiger partial charge in [-0.2, -0.15) is 0 Å². The normalized spacial score (nSPS) is 12.7. The highest BCUT2D eigenvalue weighted by molar-refractivity contribution is 9.10. The van der Waals surface area contributed by atoms with Crippen LogP contribution in [0.5, 0.6) is 0 Å². The smallest absolute Gasteiger partial charge is 0.319 e. The van der Waals surface area contributed by atoms with Crippen molar-refractivity contribution in [3.8, 4) is 0 Å². The molecule has 4 nitrogen and oxygen atoms in total. The van der Waals surface area contributed by atoms with Crippen molar-refractivity contribution in [2.45, 2.75) is 27.7 Å². The lowest BCUT2D eigenvalue weighted by Crippen LogP contribution is -2.40. The zero-order valence-electron chi connectivity index (χ0n) is 12.5. The molecule has 0 saturated heterocycles. The third kappa shape index (κ3) is 5.00. The highest BCUT2D eigenvalue weighted by Crippen LogP contribution is 2.31. The Balaban J connectivity index is 3.01. The van der Waals surface area contributed by atoms with Crippen LogP contribution >= 0.6 is 27.5 Å². The first-order valence-corrected chi connectivity index (χ1v) is 7.76. The standard InChI is InChI=1S/C15H19BrClNO3/c1-5-21-14(20)12(15(2,3)4)13(19)18-11-8-9(16)6-7-10(11)17/h6-8,12H,5H2,1-4H3,(H,18,19). The lowest BCUT2D eigenvalue weighted by atomic mass is 9.80. The molecule has 1 amide bonds. The van der Waals surface area contributed by atoms with Gasteiger partial charge in [-0.3, -0.25) is 9.59 Å². The van der Waals surface area contributed by atoms with Crippen molar-refractivity contribution in [2.24, 2.45) is 11.3 Å². The van der Waals surface area contributed by atoms with Crippen LogP contribution in [0.4, 0.5) is 5.69 Å². The van der Waals surface area contributed by atoms with Gasteiger partial charge in [0.1, 0.15) is 5.92 Å². The van der Waals surface area contributed by atoms with Crippen molar-refractivity contribution in [1.29, 1.82) is 0 Å². The van der Waals surface area contributed by atoms with Crippen LogP contribution in [-0.2, 0) is 14.3 Å². The van der Waals surface area contributed by atoms with Crippen molar-refractivity contribution >= 4 is 45.1 Å². The van der Waals surface area contributed by atoms with Gasteiger partial charge in [-0.25, -0.2) is 0 Å². The lowest BCUT2D eigenvalue weighted by Gasteiger charge is -2.27. The maximum atomic E-state index is 12.5. The zero-order valence-corrected chi connectivity index (χ0v) is 14.8. The van der Waals surface area contributed by atoms with E-state index in [1.54, 1.807) is 25.1 Å². The van der Waals surface area contributed by atoms with Crippen molar-refractivity contribution in [1.82, 2.24) is 0 Å². The molecular weight excluding hydrogens is 358 g/mol. The van der Waals surface area contributed by atoms with Gasteiger partial charge in [0.25, 0.3) is 0 Å². The third-order valence-electron chi connectivity index (χ3n) is 2.84. The van der Waals surface area contributed by atoms with E-state index in [-0.39, 0.29) is 6.61 Å². The number of anilines is 1. The summed E-state index contributed by atoms with van der Waals surface area (Å²) >= 11 is 9.36. The predicted octanol–water partition coefficient (Wildman–Crippen LogP) is 4.27. The monoisotopic (exact) mass is 375 g/mol. The lowest BCUT2D eigenvalue weighted by molar-refractivity contribution is -0.155. The van der Waals surface area contributed by atoms with E-state index in [1.807, 2.05) is 20.8 Å². The molecule has 0 bridgehead atoms. The molecule has 0 aromatic heterocycles. The second-order valence-electron chi connectivity index (χ2n) is 5.66. The molecule has 21 heavy (non-hydrogen) atoms. The molecule has 1 rings (SSSR count). The molecule has 0 aliphatic heterocycles. The number of carbonyl (C=O) groups excluding carboxylic acids is 2. The molecule has 1 atom stereocenters. The van der Waals surface area contributed by atoms with Crippen LogP contribution in [-0.4, -0.2) is 18.5 Å². The van der Waals surface area contributed by atoms with E-state index in [9.17, 15) is 9.59 Å². The van der Waals surface area contributed by atoms with Gasteiger partial charge in [-0.05, 0) is 30.5 Å². The first-order chi connectivity index (χ1) is 9.66. The van der Waals surface area contributed by atoms with E-state index < -0.39 is 23.2 Å². The molecule has 0 heterocycles. The molecule has 1 unspecified atom stereocenters. The quantitative estimate of drug-likeness (QED) is 0.631. The minimum Gasteiger partial charge on any atom is -0.465 e. The fourth-order valence-corrected chi connectivity index (χ4v) is 2.40. The summed E-state index contributed by atoms with van der Waals surface area (Å²) in [6.07, 6.45) is 0. The average molecular weight is 377 g/mol. The van der Waals surface area contributed by atoms with Crippen molar-refractivity contribution in [3.63, 3.8) is 0 Å². The Bertz CT molecular complexity index is 540. The number of benzene rings is 1. The minimum absolute atomic E-state index is 0.232. The van der Waals surface area contributed by atoms with Gasteiger partial charge in [0.15, 0.2) is 0 Å². The summed E-state index contributed by atoms with van der Waals surface area (Å²) in [6.45, 7) is 7.39. The Morgan fingerprint density at radius 3 is 2.52 bits per heavy atom. The molecule has 0 spiro atoms. The van der Waals surface area contributed by atoms with Gasteiger partial charge in [0, 0.05) is 4.47 Å². The van der Waals surface area contributed by atoms with E-state index in [4.69, 9.17) is 16.3 Å². The molecule has 1 aromatic carbocycles. The molecule has 0 fully saturated rings. The van der Waals surface area contributed by atoms with Crippen molar-refractivity contribution in [2.75, 3.05) is 11.9 Å². The number of esters is 1. The molecule has 116 valence electrons. The van der Waals surface area contributed by atoms with Crippen LogP contribution in [0.15, 0.2) is 22.7 Å². The van der Waals surface area contributed by atoms with Crippen LogP contribution in [0.2, 0.25) is 5.02 Å². The summed E-state index contributed by atoms with van der Waals surface area (Å²) in [5.41, 5.74) is -0.107. The molecule has 1 N–H and O–H groups in total. The number of rotatable bonds is 4. The fourth-order valence-electron chi connectivity index (χ4n) is 1.88. The SMILES string of the molecule is CCOC(=O)C(C(=O)Nc1cc(Br)ccc1Cl)C(C)(C)C. The Hall–Kier alpha value is -1.07. The topological polar surface area (TPSA) is 55.4 Å². The summed E-state index contributed by atoms with van der Waals surface area (Å²) in [5.74, 6) is -1.87. The first-order valence-electron chi connectivity index (χ1n) is 6.59. The van der Waals surface area contributed by atoms with Crippen LogP contribution in [0.25, 0.3) is 0 Å². The van der Waals surface area contributed by atoms with Gasteiger partial charge in [0.2, 0.25) is 5.91 Å². The number of carbonyl (C=O) groups is 2. The molecule has 0 aliphatic carbocycles. The van der Waals surface area contributed by atoms with Gasteiger partial charge in [0.05, 0.1) is 17.3 Å². The Kier molecular flexibility index (Phi) is 6.23.